The summed E-state index contributed by atoms with van der Waals surface area (Å²) in [6, 6.07) is 6.32. The lowest BCUT2D eigenvalue weighted by Crippen LogP contribution is -2.37. The van der Waals surface area contributed by atoms with Gasteiger partial charge in [-0.3, -0.25) is 0 Å². The second kappa shape index (κ2) is 7.02. The molecule has 0 heterocycles. The van der Waals surface area contributed by atoms with E-state index in [2.05, 4.69) is 42.8 Å². The predicted molar refractivity (Wildman–Crippen MR) is 95.7 cm³/mol. The zero-order valence-electron chi connectivity index (χ0n) is 13.3. The molecule has 1 aromatic carbocycles. The SMILES string of the molecule is CC(C)(C)C1CCC(C(N)Cc2ccc(Br)cc2Cl)CC1. The molecule has 1 fully saturated rings. The third kappa shape index (κ3) is 4.71. The molecule has 2 N–H and O–H groups in total. The topological polar surface area (TPSA) is 26.0 Å². The number of benzene rings is 1. The summed E-state index contributed by atoms with van der Waals surface area (Å²) >= 11 is 9.76. The van der Waals surface area contributed by atoms with Gasteiger partial charge in [-0.2, -0.15) is 0 Å². The van der Waals surface area contributed by atoms with Crippen LogP contribution in [0.1, 0.15) is 52.0 Å². The summed E-state index contributed by atoms with van der Waals surface area (Å²) in [6.07, 6.45) is 6.04. The van der Waals surface area contributed by atoms with Gasteiger partial charge in [0.2, 0.25) is 0 Å². The Hall–Kier alpha value is -0.0500. The molecular weight excluding hydrogens is 346 g/mol. The van der Waals surface area contributed by atoms with E-state index in [1.165, 1.54) is 31.2 Å². The largest absolute Gasteiger partial charge is 0.327 e. The third-order valence-corrected chi connectivity index (χ3v) is 5.92. The molecule has 1 saturated carbocycles. The molecule has 0 aliphatic heterocycles. The standard InChI is InChI=1S/C18H27BrClN/c1-18(2,3)14-7-4-12(5-8-14)17(21)10-13-6-9-15(19)11-16(13)20/h6,9,11-12,14,17H,4-5,7-8,10,21H2,1-3H3. The van der Waals surface area contributed by atoms with Crippen molar-refractivity contribution in [3.05, 3.63) is 33.3 Å². The van der Waals surface area contributed by atoms with Crippen LogP contribution in [0.25, 0.3) is 0 Å². The minimum Gasteiger partial charge on any atom is -0.327 e. The van der Waals surface area contributed by atoms with Crippen molar-refractivity contribution in [2.45, 2.75) is 58.9 Å². The first kappa shape index (κ1) is 17.3. The van der Waals surface area contributed by atoms with Crippen LogP contribution in [-0.4, -0.2) is 6.04 Å². The summed E-state index contributed by atoms with van der Waals surface area (Å²) in [7, 11) is 0. The minimum atomic E-state index is 0.226. The number of nitrogens with two attached hydrogens (primary N) is 1. The van der Waals surface area contributed by atoms with Gasteiger partial charge >= 0.3 is 0 Å². The highest BCUT2D eigenvalue weighted by Gasteiger charge is 2.31. The van der Waals surface area contributed by atoms with E-state index in [4.69, 9.17) is 17.3 Å². The maximum atomic E-state index is 6.47. The molecule has 1 aromatic rings. The first-order valence-corrected chi connectivity index (χ1v) is 9.14. The average Bonchev–Trinajstić information content (AvgIpc) is 2.41. The molecule has 2 rings (SSSR count). The van der Waals surface area contributed by atoms with Crippen molar-refractivity contribution in [3.63, 3.8) is 0 Å². The predicted octanol–water partition coefficient (Wildman–Crippen LogP) is 5.82. The molecule has 0 spiro atoms. The van der Waals surface area contributed by atoms with Gasteiger partial charge < -0.3 is 5.73 Å². The van der Waals surface area contributed by atoms with E-state index in [1.807, 2.05) is 12.1 Å². The van der Waals surface area contributed by atoms with Crippen LogP contribution >= 0.6 is 27.5 Å². The Bertz CT molecular complexity index is 473. The first-order chi connectivity index (χ1) is 9.77. The summed E-state index contributed by atoms with van der Waals surface area (Å²) in [5.41, 5.74) is 8.08. The van der Waals surface area contributed by atoms with E-state index in [0.29, 0.717) is 11.3 Å². The fraction of sp³-hybridized carbons (Fsp3) is 0.667. The maximum absolute atomic E-state index is 6.47. The van der Waals surface area contributed by atoms with Crippen LogP contribution < -0.4 is 5.73 Å². The monoisotopic (exact) mass is 371 g/mol. The van der Waals surface area contributed by atoms with E-state index in [0.717, 1.165) is 21.8 Å². The Morgan fingerprint density at radius 2 is 1.86 bits per heavy atom. The quantitative estimate of drug-likeness (QED) is 0.710. The summed E-state index contributed by atoms with van der Waals surface area (Å²) < 4.78 is 1.02. The maximum Gasteiger partial charge on any atom is 0.0449 e. The van der Waals surface area contributed by atoms with Gasteiger partial charge in [-0.1, -0.05) is 54.4 Å². The molecule has 21 heavy (non-hydrogen) atoms. The molecule has 0 bridgehead atoms. The van der Waals surface area contributed by atoms with Crippen LogP contribution in [0.3, 0.4) is 0 Å². The van der Waals surface area contributed by atoms with Gasteiger partial charge in [0.25, 0.3) is 0 Å². The van der Waals surface area contributed by atoms with Crippen molar-refractivity contribution < 1.29 is 0 Å². The summed E-state index contributed by atoms with van der Waals surface area (Å²) in [5.74, 6) is 1.49. The van der Waals surface area contributed by atoms with E-state index in [1.54, 1.807) is 0 Å². The van der Waals surface area contributed by atoms with Gasteiger partial charge in [0.05, 0.1) is 0 Å². The number of hydrogen-bond acceptors (Lipinski definition) is 1. The summed E-state index contributed by atoms with van der Waals surface area (Å²) in [4.78, 5) is 0. The molecule has 3 heteroatoms. The molecular formula is C18H27BrClN. The van der Waals surface area contributed by atoms with Gasteiger partial charge in [-0.15, -0.1) is 0 Å². The third-order valence-electron chi connectivity index (χ3n) is 5.07. The van der Waals surface area contributed by atoms with Crippen LogP contribution in [0.15, 0.2) is 22.7 Å². The fourth-order valence-corrected chi connectivity index (χ4v) is 4.27. The molecule has 1 aliphatic rings. The van der Waals surface area contributed by atoms with Gasteiger partial charge in [-0.25, -0.2) is 0 Å². The van der Waals surface area contributed by atoms with E-state index in [9.17, 15) is 0 Å². The second-order valence-electron chi connectivity index (χ2n) is 7.58. The Morgan fingerprint density at radius 1 is 1.24 bits per heavy atom. The fourth-order valence-electron chi connectivity index (χ4n) is 3.52. The molecule has 1 aliphatic carbocycles. The smallest absolute Gasteiger partial charge is 0.0449 e. The molecule has 1 unspecified atom stereocenters. The first-order valence-electron chi connectivity index (χ1n) is 7.97. The van der Waals surface area contributed by atoms with Crippen LogP contribution in [0.2, 0.25) is 5.02 Å². The molecule has 1 atom stereocenters. The molecule has 118 valence electrons. The van der Waals surface area contributed by atoms with Crippen LogP contribution in [-0.2, 0) is 6.42 Å². The average molecular weight is 373 g/mol. The highest BCUT2D eigenvalue weighted by atomic mass is 79.9. The van der Waals surface area contributed by atoms with Crippen molar-refractivity contribution in [2.24, 2.45) is 23.0 Å². The van der Waals surface area contributed by atoms with Gasteiger partial charge in [0, 0.05) is 15.5 Å². The van der Waals surface area contributed by atoms with Crippen LogP contribution in [0.4, 0.5) is 0 Å². The van der Waals surface area contributed by atoms with E-state index >= 15 is 0 Å². The molecule has 0 saturated heterocycles. The second-order valence-corrected chi connectivity index (χ2v) is 8.90. The zero-order valence-corrected chi connectivity index (χ0v) is 15.7. The van der Waals surface area contributed by atoms with Crippen molar-refractivity contribution in [1.29, 1.82) is 0 Å². The zero-order chi connectivity index (χ0) is 15.6. The number of rotatable bonds is 3. The van der Waals surface area contributed by atoms with E-state index < -0.39 is 0 Å². The van der Waals surface area contributed by atoms with Crippen molar-refractivity contribution >= 4 is 27.5 Å². The Labute approximate surface area is 142 Å². The normalized spacial score (nSPS) is 24.9. The molecule has 0 amide bonds. The van der Waals surface area contributed by atoms with Gasteiger partial charge in [0.15, 0.2) is 0 Å². The van der Waals surface area contributed by atoms with Gasteiger partial charge in [0.1, 0.15) is 0 Å². The van der Waals surface area contributed by atoms with Crippen molar-refractivity contribution in [3.8, 4) is 0 Å². The Morgan fingerprint density at radius 3 is 2.38 bits per heavy atom. The number of hydrogen-bond donors (Lipinski definition) is 1. The summed E-state index contributed by atoms with van der Waals surface area (Å²) in [5, 5.41) is 0.822. The molecule has 1 nitrogen and oxygen atoms in total. The van der Waals surface area contributed by atoms with Crippen molar-refractivity contribution in [1.82, 2.24) is 0 Å². The van der Waals surface area contributed by atoms with E-state index in [-0.39, 0.29) is 6.04 Å². The minimum absolute atomic E-state index is 0.226. The Balaban J connectivity index is 1.92. The highest BCUT2D eigenvalue weighted by molar-refractivity contribution is 9.10. The van der Waals surface area contributed by atoms with Crippen molar-refractivity contribution in [2.75, 3.05) is 0 Å². The summed E-state index contributed by atoms with van der Waals surface area (Å²) in [6.45, 7) is 7.08. The molecule has 0 radical (unpaired) electrons. The highest BCUT2D eigenvalue weighted by Crippen LogP contribution is 2.40. The lowest BCUT2D eigenvalue weighted by molar-refractivity contribution is 0.139. The van der Waals surface area contributed by atoms with Crippen LogP contribution in [0, 0.1) is 17.3 Å². The lowest BCUT2D eigenvalue weighted by Gasteiger charge is -2.38. The van der Waals surface area contributed by atoms with Gasteiger partial charge in [-0.05, 0) is 67.1 Å². The lowest BCUT2D eigenvalue weighted by atomic mass is 9.68. The van der Waals surface area contributed by atoms with Crippen LogP contribution in [0.5, 0.6) is 0 Å². The molecule has 0 aromatic heterocycles. The Kier molecular flexibility index (Phi) is 5.78. The number of halogens is 2.